The zero-order valence-electron chi connectivity index (χ0n) is 25.0. The number of benzene rings is 2. The lowest BCUT2D eigenvalue weighted by Crippen LogP contribution is -2.43. The van der Waals surface area contributed by atoms with Gasteiger partial charge in [0, 0.05) is 18.3 Å². The molecule has 0 bridgehead atoms. The Morgan fingerprint density at radius 2 is 1.73 bits per heavy atom. The molecule has 4 rings (SSSR count). The molecule has 0 amide bonds. The molecular weight excluding hydrogens is 516 g/mol. The summed E-state index contributed by atoms with van der Waals surface area (Å²) in [7, 11) is -1.97. The van der Waals surface area contributed by atoms with Crippen molar-refractivity contribution in [1.29, 1.82) is 0 Å². The minimum absolute atomic E-state index is 0.00592. The summed E-state index contributed by atoms with van der Waals surface area (Å²) in [4.78, 5) is 25.4. The molecule has 0 radical (unpaired) electrons. The molecule has 5 atom stereocenters. The van der Waals surface area contributed by atoms with Gasteiger partial charge in [-0.05, 0) is 47.8 Å². The first-order chi connectivity index (χ1) is 19.0. The third-order valence-electron chi connectivity index (χ3n) is 8.93. The van der Waals surface area contributed by atoms with Crippen molar-refractivity contribution in [1.82, 2.24) is 0 Å². The van der Waals surface area contributed by atoms with Gasteiger partial charge < -0.3 is 13.9 Å². The Balaban J connectivity index is 1.50. The van der Waals surface area contributed by atoms with E-state index in [9.17, 15) is 9.59 Å². The second-order valence-electron chi connectivity index (χ2n) is 12.9. The SMILES string of the molecule is CCCCCC(C=CC1C(OC(=O)c2ccc(-c3ccccc3)cc2)CC2OC(=O)CC21)O[Si](C)(C)C(C)(C)C. The van der Waals surface area contributed by atoms with Crippen LogP contribution in [-0.2, 0) is 18.7 Å². The number of hydrogen-bond acceptors (Lipinski definition) is 5. The van der Waals surface area contributed by atoms with Gasteiger partial charge in [0.05, 0.1) is 18.1 Å². The monoisotopic (exact) mass is 562 g/mol. The van der Waals surface area contributed by atoms with Gasteiger partial charge in [-0.3, -0.25) is 4.79 Å². The number of unbranched alkanes of at least 4 members (excludes halogenated alkanes) is 2. The van der Waals surface area contributed by atoms with Crippen molar-refractivity contribution in [2.24, 2.45) is 11.8 Å². The van der Waals surface area contributed by atoms with E-state index in [1.54, 1.807) is 0 Å². The number of fused-ring (bicyclic) bond motifs is 1. The lowest BCUT2D eigenvalue weighted by atomic mass is 9.91. The zero-order chi connectivity index (χ0) is 28.9. The molecule has 2 aromatic carbocycles. The highest BCUT2D eigenvalue weighted by molar-refractivity contribution is 6.74. The first-order valence-electron chi connectivity index (χ1n) is 14.9. The van der Waals surface area contributed by atoms with E-state index in [-0.39, 0.29) is 47.1 Å². The fourth-order valence-electron chi connectivity index (χ4n) is 5.52. The molecule has 0 spiro atoms. The number of hydrogen-bond donors (Lipinski definition) is 0. The van der Waals surface area contributed by atoms with Crippen molar-refractivity contribution in [3.8, 4) is 11.1 Å². The summed E-state index contributed by atoms with van der Waals surface area (Å²) in [6.45, 7) is 13.6. The molecule has 1 saturated heterocycles. The number of ether oxygens (including phenoxy) is 2. The van der Waals surface area contributed by atoms with E-state index in [2.05, 4.69) is 52.9 Å². The van der Waals surface area contributed by atoms with Crippen LogP contribution >= 0.6 is 0 Å². The van der Waals surface area contributed by atoms with E-state index in [1.165, 1.54) is 6.42 Å². The lowest BCUT2D eigenvalue weighted by molar-refractivity contribution is -0.141. The summed E-state index contributed by atoms with van der Waals surface area (Å²) in [5, 5.41) is 0.113. The zero-order valence-corrected chi connectivity index (χ0v) is 26.0. The molecule has 5 unspecified atom stereocenters. The molecule has 1 saturated carbocycles. The minimum atomic E-state index is -1.97. The molecule has 5 nitrogen and oxygen atoms in total. The molecule has 2 fully saturated rings. The average Bonchev–Trinajstić information content (AvgIpc) is 3.42. The van der Waals surface area contributed by atoms with Crippen LogP contribution in [0.25, 0.3) is 11.1 Å². The maximum absolute atomic E-state index is 13.2. The van der Waals surface area contributed by atoms with Gasteiger partial charge in [0.15, 0.2) is 8.32 Å². The molecule has 0 N–H and O–H groups in total. The predicted molar refractivity (Wildman–Crippen MR) is 163 cm³/mol. The third-order valence-corrected chi connectivity index (χ3v) is 13.4. The standard InChI is InChI=1S/C34H46O5Si/c1-7-8-10-15-27(39-40(5,6)34(2,3)4)20-21-28-29-22-32(35)37-31(29)23-30(28)38-33(36)26-18-16-25(17-19-26)24-13-11-9-12-14-24/h9,11-14,16-21,27-31H,7-8,10,15,22-23H2,1-6H3. The average molecular weight is 563 g/mol. The van der Waals surface area contributed by atoms with Crippen LogP contribution in [0.3, 0.4) is 0 Å². The van der Waals surface area contributed by atoms with Crippen LogP contribution in [0.5, 0.6) is 0 Å². The Morgan fingerprint density at radius 1 is 1.05 bits per heavy atom. The number of esters is 2. The van der Waals surface area contributed by atoms with Crippen LogP contribution in [-0.4, -0.2) is 38.6 Å². The molecule has 1 aliphatic carbocycles. The van der Waals surface area contributed by atoms with Gasteiger partial charge in [-0.15, -0.1) is 0 Å². The highest BCUT2D eigenvalue weighted by atomic mass is 28.4. The quantitative estimate of drug-likeness (QED) is 0.119. The molecule has 1 heterocycles. The van der Waals surface area contributed by atoms with Crippen LogP contribution in [0, 0.1) is 11.8 Å². The van der Waals surface area contributed by atoms with Crippen LogP contribution in [0.1, 0.15) is 76.6 Å². The number of carbonyl (C=O) groups is 2. The van der Waals surface area contributed by atoms with Crippen LogP contribution in [0.15, 0.2) is 66.7 Å². The van der Waals surface area contributed by atoms with Crippen molar-refractivity contribution in [2.45, 2.75) is 103 Å². The molecule has 2 aliphatic rings. The van der Waals surface area contributed by atoms with Crippen molar-refractivity contribution in [3.63, 3.8) is 0 Å². The first kappa shape index (κ1) is 30.3. The smallest absolute Gasteiger partial charge is 0.338 e. The van der Waals surface area contributed by atoms with Crippen LogP contribution < -0.4 is 0 Å². The highest BCUT2D eigenvalue weighted by Gasteiger charge is 2.51. The predicted octanol–water partition coefficient (Wildman–Crippen LogP) is 8.36. The van der Waals surface area contributed by atoms with E-state index in [0.29, 0.717) is 18.4 Å². The summed E-state index contributed by atoms with van der Waals surface area (Å²) in [5.74, 6) is -0.565. The van der Waals surface area contributed by atoms with Crippen molar-refractivity contribution in [3.05, 3.63) is 72.3 Å². The molecule has 2 aromatic rings. The topological polar surface area (TPSA) is 61.8 Å². The summed E-state index contributed by atoms with van der Waals surface area (Å²) >= 11 is 0. The molecule has 1 aliphatic heterocycles. The largest absolute Gasteiger partial charge is 0.462 e. The summed E-state index contributed by atoms with van der Waals surface area (Å²) in [6, 6.07) is 17.6. The lowest BCUT2D eigenvalue weighted by Gasteiger charge is -2.39. The fourth-order valence-corrected chi connectivity index (χ4v) is 6.83. The maximum Gasteiger partial charge on any atom is 0.338 e. The van der Waals surface area contributed by atoms with Crippen molar-refractivity contribution < 1.29 is 23.5 Å². The molecule has 6 heteroatoms. The van der Waals surface area contributed by atoms with Gasteiger partial charge >= 0.3 is 11.9 Å². The van der Waals surface area contributed by atoms with Gasteiger partial charge in [0.1, 0.15) is 12.2 Å². The molecule has 0 aromatic heterocycles. The Bertz CT molecular complexity index is 1170. The minimum Gasteiger partial charge on any atom is -0.462 e. The molecule has 40 heavy (non-hydrogen) atoms. The first-order valence-corrected chi connectivity index (χ1v) is 17.8. The van der Waals surface area contributed by atoms with Gasteiger partial charge in [0.25, 0.3) is 0 Å². The Hall–Kier alpha value is -2.70. The van der Waals surface area contributed by atoms with E-state index < -0.39 is 8.32 Å². The van der Waals surface area contributed by atoms with Crippen molar-refractivity contribution >= 4 is 20.3 Å². The number of rotatable bonds is 11. The van der Waals surface area contributed by atoms with E-state index in [0.717, 1.165) is 30.4 Å². The van der Waals surface area contributed by atoms with E-state index in [4.69, 9.17) is 13.9 Å². The normalized spacial score (nSPS) is 23.7. The van der Waals surface area contributed by atoms with Crippen LogP contribution in [0.2, 0.25) is 18.1 Å². The second kappa shape index (κ2) is 12.9. The Labute approximate surface area is 241 Å². The van der Waals surface area contributed by atoms with E-state index in [1.807, 2.05) is 54.6 Å². The van der Waals surface area contributed by atoms with Gasteiger partial charge in [0.2, 0.25) is 0 Å². The third kappa shape index (κ3) is 7.32. The van der Waals surface area contributed by atoms with Gasteiger partial charge in [-0.25, -0.2) is 4.79 Å². The molecular formula is C34H46O5Si. The van der Waals surface area contributed by atoms with Gasteiger partial charge in [-0.2, -0.15) is 0 Å². The summed E-state index contributed by atoms with van der Waals surface area (Å²) < 4.78 is 18.5. The Kier molecular flexibility index (Phi) is 9.73. The number of carbonyl (C=O) groups excluding carboxylic acids is 2. The van der Waals surface area contributed by atoms with E-state index >= 15 is 0 Å². The fraction of sp³-hybridized carbons (Fsp3) is 0.529. The van der Waals surface area contributed by atoms with Crippen molar-refractivity contribution in [2.75, 3.05) is 0 Å². The second-order valence-corrected chi connectivity index (χ2v) is 17.7. The maximum atomic E-state index is 13.2. The molecule has 216 valence electrons. The highest BCUT2D eigenvalue weighted by Crippen LogP contribution is 2.44. The van der Waals surface area contributed by atoms with Gasteiger partial charge in [-0.1, -0.05) is 102 Å². The van der Waals surface area contributed by atoms with Crippen LogP contribution in [0.4, 0.5) is 0 Å². The summed E-state index contributed by atoms with van der Waals surface area (Å²) in [5.41, 5.74) is 2.68. The Morgan fingerprint density at radius 3 is 2.38 bits per heavy atom. The summed E-state index contributed by atoms with van der Waals surface area (Å²) in [6.07, 6.45) is 9.09.